The summed E-state index contributed by atoms with van der Waals surface area (Å²) in [5, 5.41) is 0. The van der Waals surface area contributed by atoms with Gasteiger partial charge in [-0.1, -0.05) is 418 Å². The molecule has 0 saturated heterocycles. The molecule has 0 radical (unpaired) electrons. The van der Waals surface area contributed by atoms with Crippen LogP contribution in [0.5, 0.6) is 0 Å². The standard InChI is InChI=1S/C102H132N2/c1-7-13-19-25-31-45-67-100(68-46-32-26-20-14-8-2)91-56-44-43-55-85(91)86-62-57-80(73-92(86)100)81-58-63-87-88-64-59-82(75-94(88)101(93(87)74-81,69-47-33-27-21-15-9-3)70-48-34-28-22-16-10-4)83-60-65-89-90-66-61-84(99-103-97(78-51-39-37-40-52-78)98(104-99)79-53-41-38-42-54-79)77-96(90)102(95(89)76-83,71-49-35-29-23-17-11-5)72-50-36-30-24-18-12-6/h37-44,51-66,73-77H,7-36,45-50,67-72H2,1-6H3,(H,103,104). The number of benzene rings is 8. The Morgan fingerprint density at radius 2 is 0.471 bits per heavy atom. The van der Waals surface area contributed by atoms with Gasteiger partial charge in [-0.25, -0.2) is 4.98 Å². The number of imidazole rings is 1. The third kappa shape index (κ3) is 17.5. The van der Waals surface area contributed by atoms with Crippen molar-refractivity contribution in [2.45, 2.75) is 327 Å². The van der Waals surface area contributed by atoms with Crippen LogP contribution in [-0.2, 0) is 16.2 Å². The Morgan fingerprint density at radius 3 is 0.798 bits per heavy atom. The van der Waals surface area contributed by atoms with E-state index in [-0.39, 0.29) is 16.2 Å². The molecule has 0 aliphatic heterocycles. The summed E-state index contributed by atoms with van der Waals surface area (Å²) in [5.41, 5.74) is 29.4. The van der Waals surface area contributed by atoms with Crippen molar-refractivity contribution in [3.05, 3.63) is 209 Å². The smallest absolute Gasteiger partial charge is 0.138 e. The van der Waals surface area contributed by atoms with Crippen LogP contribution in [0.3, 0.4) is 0 Å². The number of nitrogens with zero attached hydrogens (tertiary/aromatic N) is 1. The van der Waals surface area contributed by atoms with E-state index in [1.807, 2.05) is 0 Å². The number of fused-ring (bicyclic) bond motifs is 9. The summed E-state index contributed by atoms with van der Waals surface area (Å²) in [4.78, 5) is 9.51. The van der Waals surface area contributed by atoms with E-state index in [0.717, 1.165) is 28.3 Å². The fourth-order valence-corrected chi connectivity index (χ4v) is 19.7. The predicted molar refractivity (Wildman–Crippen MR) is 452 cm³/mol. The lowest BCUT2D eigenvalue weighted by Crippen LogP contribution is -2.26. The molecule has 0 atom stereocenters. The normalized spacial score (nSPS) is 14.0. The summed E-state index contributed by atoms with van der Waals surface area (Å²) in [6, 6.07) is 70.3. The van der Waals surface area contributed by atoms with Gasteiger partial charge in [-0.05, 0) is 158 Å². The lowest BCUT2D eigenvalue weighted by Gasteiger charge is -2.34. The predicted octanol–water partition coefficient (Wildman–Crippen LogP) is 32.0. The van der Waals surface area contributed by atoms with Gasteiger partial charge in [0, 0.05) is 32.9 Å². The SMILES string of the molecule is CCCCCCCCC1(CCCCCCCC)c2ccccc2-c2ccc(-c3ccc4c(c3)C(CCCCCCCC)(CCCCCCCC)c3cc(-c5ccc6c(c5)C(CCCCCCCC)(CCCCCCCC)c5cc(-c7nc(-c8ccccc8)c(-c8ccccc8)[nH]7)ccc5-6)ccc3-4)cc21. The van der Waals surface area contributed by atoms with E-state index in [1.54, 1.807) is 27.8 Å². The van der Waals surface area contributed by atoms with Crippen molar-refractivity contribution < 1.29 is 0 Å². The van der Waals surface area contributed by atoms with Crippen LogP contribution in [-0.4, -0.2) is 9.97 Å². The Labute approximate surface area is 632 Å². The van der Waals surface area contributed by atoms with Crippen molar-refractivity contribution in [2.24, 2.45) is 0 Å². The Hall–Kier alpha value is -7.03. The van der Waals surface area contributed by atoms with Gasteiger partial charge in [0.05, 0.1) is 11.4 Å². The third-order valence-electron chi connectivity index (χ3n) is 25.5. The molecule has 3 aliphatic rings. The molecule has 3 aliphatic carbocycles. The van der Waals surface area contributed by atoms with Crippen molar-refractivity contribution in [1.82, 2.24) is 9.97 Å². The van der Waals surface area contributed by atoms with Crippen molar-refractivity contribution in [3.8, 4) is 89.5 Å². The van der Waals surface area contributed by atoms with Gasteiger partial charge < -0.3 is 4.98 Å². The van der Waals surface area contributed by atoms with Crippen LogP contribution in [0, 0.1) is 0 Å². The van der Waals surface area contributed by atoms with E-state index >= 15 is 0 Å². The first-order valence-electron chi connectivity index (χ1n) is 43.4. The van der Waals surface area contributed by atoms with Gasteiger partial charge in [-0.15, -0.1) is 0 Å². The number of nitrogens with one attached hydrogen (secondary N) is 1. The molecular weight excluding hydrogens is 1250 g/mol. The Morgan fingerprint density at radius 1 is 0.221 bits per heavy atom. The number of H-pyrrole nitrogens is 1. The number of rotatable bonds is 47. The van der Waals surface area contributed by atoms with Gasteiger partial charge in [0.15, 0.2) is 0 Å². The number of aromatic nitrogens is 2. The Kier molecular flexibility index (Phi) is 28.4. The molecule has 550 valence electrons. The van der Waals surface area contributed by atoms with E-state index in [4.69, 9.17) is 4.98 Å². The molecule has 0 spiro atoms. The second-order valence-corrected chi connectivity index (χ2v) is 32.7. The molecule has 104 heavy (non-hydrogen) atoms. The van der Waals surface area contributed by atoms with Crippen molar-refractivity contribution in [2.75, 3.05) is 0 Å². The van der Waals surface area contributed by atoms with Gasteiger partial charge >= 0.3 is 0 Å². The topological polar surface area (TPSA) is 28.7 Å². The quantitative estimate of drug-likeness (QED) is 0.0378. The molecule has 0 bridgehead atoms. The average molecular weight is 1390 g/mol. The van der Waals surface area contributed by atoms with Crippen LogP contribution >= 0.6 is 0 Å². The first kappa shape index (κ1) is 76.6. The van der Waals surface area contributed by atoms with Gasteiger partial charge in [-0.2, -0.15) is 0 Å². The molecule has 0 fully saturated rings. The minimum absolute atomic E-state index is 0.0475. The molecule has 2 heteroatoms. The molecule has 0 amide bonds. The highest BCUT2D eigenvalue weighted by atomic mass is 14.9. The summed E-state index contributed by atoms with van der Waals surface area (Å²) in [6.45, 7) is 14.2. The van der Waals surface area contributed by atoms with Crippen molar-refractivity contribution >= 4 is 0 Å². The maximum absolute atomic E-state index is 5.56. The highest BCUT2D eigenvalue weighted by Crippen LogP contribution is 2.60. The van der Waals surface area contributed by atoms with Crippen molar-refractivity contribution in [1.29, 1.82) is 0 Å². The summed E-state index contributed by atoms with van der Waals surface area (Å²) >= 11 is 0. The average Bonchev–Trinajstić information content (AvgIpc) is 1.53. The molecule has 1 N–H and O–H groups in total. The fraction of sp³-hybridized carbons (Fsp3) is 0.500. The third-order valence-corrected chi connectivity index (χ3v) is 25.5. The monoisotopic (exact) mass is 1390 g/mol. The van der Waals surface area contributed by atoms with Crippen LogP contribution in [0.2, 0.25) is 0 Å². The van der Waals surface area contributed by atoms with Crippen LogP contribution in [0.4, 0.5) is 0 Å². The number of unbranched alkanes of at least 4 members (excludes halogenated alkanes) is 30. The molecule has 1 heterocycles. The van der Waals surface area contributed by atoms with Gasteiger partial charge in [0.1, 0.15) is 5.82 Å². The summed E-state index contributed by atoms with van der Waals surface area (Å²) in [6.07, 6.45) is 54.6. The lowest BCUT2D eigenvalue weighted by molar-refractivity contribution is 0.397. The highest BCUT2D eigenvalue weighted by Gasteiger charge is 2.46. The fourth-order valence-electron chi connectivity index (χ4n) is 19.7. The summed E-state index contributed by atoms with van der Waals surface area (Å²) in [7, 11) is 0. The molecular formula is C102H132N2. The lowest BCUT2D eigenvalue weighted by atomic mass is 9.69. The van der Waals surface area contributed by atoms with E-state index in [0.29, 0.717) is 0 Å². The van der Waals surface area contributed by atoms with Crippen LogP contribution in [0.15, 0.2) is 176 Å². The van der Waals surface area contributed by atoms with Crippen molar-refractivity contribution in [3.63, 3.8) is 0 Å². The van der Waals surface area contributed by atoms with Crippen LogP contribution in [0.1, 0.15) is 345 Å². The Balaban J connectivity index is 0.964. The number of hydrogen-bond acceptors (Lipinski definition) is 1. The number of hydrogen-bond donors (Lipinski definition) is 1. The van der Waals surface area contributed by atoms with E-state index in [9.17, 15) is 0 Å². The van der Waals surface area contributed by atoms with Crippen LogP contribution < -0.4 is 0 Å². The molecule has 0 unspecified atom stereocenters. The van der Waals surface area contributed by atoms with E-state index < -0.39 is 0 Å². The number of aromatic amines is 1. The second-order valence-electron chi connectivity index (χ2n) is 32.7. The largest absolute Gasteiger partial charge is 0.337 e. The maximum atomic E-state index is 5.56. The maximum Gasteiger partial charge on any atom is 0.138 e. The Bertz CT molecular complexity index is 3990. The molecule has 2 nitrogen and oxygen atoms in total. The molecule has 0 saturated carbocycles. The first-order chi connectivity index (χ1) is 51.3. The zero-order valence-corrected chi connectivity index (χ0v) is 65.9. The zero-order chi connectivity index (χ0) is 71.8. The highest BCUT2D eigenvalue weighted by molar-refractivity contribution is 5.91. The molecule has 8 aromatic carbocycles. The zero-order valence-electron chi connectivity index (χ0n) is 65.9. The van der Waals surface area contributed by atoms with Gasteiger partial charge in [0.2, 0.25) is 0 Å². The summed E-state index contributed by atoms with van der Waals surface area (Å²) in [5.74, 6) is 0.949. The summed E-state index contributed by atoms with van der Waals surface area (Å²) < 4.78 is 0. The molecule has 12 rings (SSSR count). The molecule has 9 aromatic rings. The van der Waals surface area contributed by atoms with Gasteiger partial charge in [-0.3, -0.25) is 0 Å². The van der Waals surface area contributed by atoms with Gasteiger partial charge in [0.25, 0.3) is 0 Å². The first-order valence-corrected chi connectivity index (χ1v) is 43.4. The van der Waals surface area contributed by atoms with Crippen LogP contribution in [0.25, 0.3) is 89.5 Å². The van der Waals surface area contributed by atoms with E-state index in [2.05, 4.69) is 222 Å². The van der Waals surface area contributed by atoms with E-state index in [1.165, 1.54) is 336 Å². The molecule has 1 aromatic heterocycles. The minimum atomic E-state index is -0.117. The minimum Gasteiger partial charge on any atom is -0.337 e. The second kappa shape index (κ2) is 38.5.